The Kier molecular flexibility index (Phi) is 20.9. The summed E-state index contributed by atoms with van der Waals surface area (Å²) < 4.78 is 43.8. The molecule has 0 heterocycles. The number of carbonyl (C=O) groups is 2. The van der Waals surface area contributed by atoms with Crippen LogP contribution in [0, 0.1) is 0 Å². The maximum absolute atomic E-state index is 11.6. The molecule has 348 valence electrons. The van der Waals surface area contributed by atoms with Crippen LogP contribution in [0.5, 0.6) is 40.2 Å². The van der Waals surface area contributed by atoms with Crippen molar-refractivity contribution in [2.24, 2.45) is 0 Å². The van der Waals surface area contributed by atoms with E-state index < -0.39 is 11.9 Å². The maximum atomic E-state index is 11.6. The molecule has 0 aliphatic heterocycles. The van der Waals surface area contributed by atoms with Crippen LogP contribution in [0.3, 0.4) is 0 Å². The molecule has 11 nitrogen and oxygen atoms in total. The van der Waals surface area contributed by atoms with Crippen LogP contribution < -0.4 is 102 Å². The zero-order valence-electron chi connectivity index (χ0n) is 39.6. The van der Waals surface area contributed by atoms with Crippen LogP contribution >= 0.6 is 0 Å². The van der Waals surface area contributed by atoms with Gasteiger partial charge in [-0.05, 0) is 93.5 Å². The fraction of sp³-hybridized carbons (Fsp3) is 0.138. The average molecular weight is 967 g/mol. The van der Waals surface area contributed by atoms with Gasteiger partial charge in [-0.3, -0.25) is 0 Å². The van der Waals surface area contributed by atoms with Gasteiger partial charge in [-0.25, -0.2) is 0 Å². The van der Waals surface area contributed by atoms with Gasteiger partial charge in [0, 0.05) is 35.7 Å². The Morgan fingerprint density at radius 1 is 0.296 bits per heavy atom. The maximum Gasteiger partial charge on any atom is 1.00 e. The Balaban J connectivity index is 0.00000413. The summed E-state index contributed by atoms with van der Waals surface area (Å²) in [6, 6.07) is 59.9. The molecule has 0 fully saturated rings. The second-order valence-electron chi connectivity index (χ2n) is 16.0. The van der Waals surface area contributed by atoms with Crippen LogP contribution in [0.1, 0.15) is 59.7 Å². The molecule has 0 saturated carbocycles. The van der Waals surface area contributed by atoms with E-state index in [9.17, 15) is 19.8 Å². The minimum atomic E-state index is -1.54. The van der Waals surface area contributed by atoms with E-state index in [-0.39, 0.29) is 95.8 Å². The van der Waals surface area contributed by atoms with Crippen LogP contribution in [0.15, 0.2) is 194 Å². The van der Waals surface area contributed by atoms with Gasteiger partial charge in [0.2, 0.25) is 0 Å². The number of ether oxygens (including phenoxy) is 7. The SMILES string of the molecule is O=C([O-])c1cc(OCCc2cc(OCc3cc(OCc4ccccc4)cc(OCc4ccccc4)c3)cc(OCc3cc(OCc4ccccc4)cc(OCc4ccccc4)c3)c2)cc(C(=O)[O-])c1.[Na+].[Na+]. The summed E-state index contributed by atoms with van der Waals surface area (Å²) in [6.45, 7) is 1.80. The predicted octanol–water partition coefficient (Wildman–Crippen LogP) is 3.52. The zero-order chi connectivity index (χ0) is 47.6. The summed E-state index contributed by atoms with van der Waals surface area (Å²) in [5, 5.41) is 23.3. The molecule has 0 radical (unpaired) electrons. The second-order valence-corrected chi connectivity index (χ2v) is 16.0. The van der Waals surface area contributed by atoms with Gasteiger partial charge in [0.25, 0.3) is 0 Å². The Hall–Kier alpha value is -6.70. The van der Waals surface area contributed by atoms with Crippen molar-refractivity contribution >= 4 is 11.9 Å². The molecule has 0 amide bonds. The van der Waals surface area contributed by atoms with Crippen LogP contribution in [-0.4, -0.2) is 18.5 Å². The molecule has 0 aliphatic carbocycles. The van der Waals surface area contributed by atoms with E-state index in [4.69, 9.17) is 33.2 Å². The van der Waals surface area contributed by atoms with Crippen molar-refractivity contribution in [3.05, 3.63) is 244 Å². The summed E-state index contributed by atoms with van der Waals surface area (Å²) in [7, 11) is 0. The van der Waals surface area contributed by atoms with E-state index in [1.54, 1.807) is 6.07 Å². The van der Waals surface area contributed by atoms with Crippen molar-refractivity contribution in [3.8, 4) is 40.2 Å². The Labute approximate surface area is 457 Å². The van der Waals surface area contributed by atoms with Crippen molar-refractivity contribution in [1.29, 1.82) is 0 Å². The number of hydrogen-bond donors (Lipinski definition) is 0. The molecule has 0 atom stereocenters. The molecule has 0 aliphatic rings. The van der Waals surface area contributed by atoms with Gasteiger partial charge in [0.05, 0.1) is 18.5 Å². The Bertz CT molecular complexity index is 2630. The fourth-order valence-corrected chi connectivity index (χ4v) is 7.20. The molecule has 0 saturated heterocycles. The molecular formula is C58H48Na2O11. The normalized spacial score (nSPS) is 10.4. The molecule has 0 aromatic heterocycles. The van der Waals surface area contributed by atoms with Crippen molar-refractivity contribution in [3.63, 3.8) is 0 Å². The first kappa shape index (κ1) is 53.6. The second kappa shape index (κ2) is 27.6. The van der Waals surface area contributed by atoms with Crippen LogP contribution in [-0.2, 0) is 46.1 Å². The summed E-state index contributed by atoms with van der Waals surface area (Å²) in [6.07, 6.45) is 0.310. The quantitative estimate of drug-likeness (QED) is 0.0822. The van der Waals surface area contributed by atoms with Gasteiger partial charge in [0.15, 0.2) is 0 Å². The molecule has 0 bridgehead atoms. The monoisotopic (exact) mass is 966 g/mol. The minimum absolute atomic E-state index is 0. The molecule has 0 spiro atoms. The molecule has 0 N–H and O–H groups in total. The Morgan fingerprint density at radius 3 is 0.831 bits per heavy atom. The fourth-order valence-electron chi connectivity index (χ4n) is 7.20. The number of benzene rings is 8. The summed E-state index contributed by atoms with van der Waals surface area (Å²) in [5.74, 6) is 0.411. The smallest absolute Gasteiger partial charge is 0.545 e. The first-order valence-electron chi connectivity index (χ1n) is 22.3. The van der Waals surface area contributed by atoms with E-state index in [0.29, 0.717) is 67.3 Å². The largest absolute Gasteiger partial charge is 1.00 e. The molecule has 0 unspecified atom stereocenters. The van der Waals surface area contributed by atoms with Crippen LogP contribution in [0.4, 0.5) is 0 Å². The van der Waals surface area contributed by atoms with Crippen molar-refractivity contribution < 1.29 is 112 Å². The van der Waals surface area contributed by atoms with Gasteiger partial charge in [-0.1, -0.05) is 121 Å². The van der Waals surface area contributed by atoms with E-state index in [2.05, 4.69) is 0 Å². The first-order valence-corrected chi connectivity index (χ1v) is 22.3. The number of carbonyl (C=O) groups excluding carboxylic acids is 2. The van der Waals surface area contributed by atoms with Crippen molar-refractivity contribution in [2.75, 3.05) is 6.61 Å². The third-order valence-corrected chi connectivity index (χ3v) is 10.7. The number of rotatable bonds is 24. The third kappa shape index (κ3) is 17.3. The third-order valence-electron chi connectivity index (χ3n) is 10.7. The summed E-state index contributed by atoms with van der Waals surface area (Å²) in [4.78, 5) is 23.3. The predicted molar refractivity (Wildman–Crippen MR) is 255 cm³/mol. The zero-order valence-corrected chi connectivity index (χ0v) is 43.6. The number of carboxylic acids is 2. The van der Waals surface area contributed by atoms with Crippen LogP contribution in [0.25, 0.3) is 0 Å². The van der Waals surface area contributed by atoms with E-state index in [1.807, 2.05) is 170 Å². The number of aromatic carboxylic acids is 2. The van der Waals surface area contributed by atoms with Crippen molar-refractivity contribution in [1.82, 2.24) is 0 Å². The van der Waals surface area contributed by atoms with Crippen LogP contribution in [0.2, 0.25) is 0 Å². The number of hydrogen-bond acceptors (Lipinski definition) is 11. The molecule has 8 aromatic rings. The van der Waals surface area contributed by atoms with Crippen molar-refractivity contribution in [2.45, 2.75) is 46.1 Å². The topological polar surface area (TPSA) is 145 Å². The number of carboxylic acid groups (broad SMARTS) is 2. The van der Waals surface area contributed by atoms with Gasteiger partial charge in [0.1, 0.15) is 79.9 Å². The molecular weight excluding hydrogens is 919 g/mol. The minimum Gasteiger partial charge on any atom is -0.545 e. The van der Waals surface area contributed by atoms with Gasteiger partial charge >= 0.3 is 59.1 Å². The van der Waals surface area contributed by atoms with Gasteiger partial charge in [-0.15, -0.1) is 0 Å². The standard InChI is InChI=1S/C58H50O11.2Na/c59-57(60)48-29-49(58(61)62)31-56(30-48)63-22-21-45-23-50(68-39-46-25-52(64-35-41-13-5-1-6-14-41)33-53(26-46)65-36-42-15-7-2-8-16-42)32-51(24-45)69-40-47-27-54(66-37-43-17-9-3-10-18-43)34-55(28-47)67-38-44-19-11-4-12-20-44;;/h1-20,23-34H,21-22,35-40H2,(H,59,60)(H,61,62);;/q;2*+1/p-2. The van der Waals surface area contributed by atoms with Gasteiger partial charge < -0.3 is 53.0 Å². The van der Waals surface area contributed by atoms with Gasteiger partial charge in [-0.2, -0.15) is 0 Å². The van der Waals surface area contributed by atoms with E-state index in [1.165, 1.54) is 12.1 Å². The summed E-state index contributed by atoms with van der Waals surface area (Å²) in [5.41, 5.74) is 5.75. The molecule has 71 heavy (non-hydrogen) atoms. The molecule has 8 rings (SSSR count). The molecule has 13 heteroatoms. The molecule has 8 aromatic carbocycles. The van der Waals surface area contributed by atoms with E-state index >= 15 is 0 Å². The summed E-state index contributed by atoms with van der Waals surface area (Å²) >= 11 is 0. The first-order chi connectivity index (χ1) is 33.8. The average Bonchev–Trinajstić information content (AvgIpc) is 3.38. The van der Waals surface area contributed by atoms with E-state index in [0.717, 1.165) is 45.0 Å². The Morgan fingerprint density at radius 2 is 0.549 bits per heavy atom.